The zero-order valence-corrected chi connectivity index (χ0v) is 6.70. The van der Waals surface area contributed by atoms with Crippen molar-refractivity contribution in [1.29, 1.82) is 0 Å². The van der Waals surface area contributed by atoms with E-state index in [0.29, 0.717) is 11.8 Å². The van der Waals surface area contributed by atoms with Crippen LogP contribution in [-0.2, 0) is 0 Å². The summed E-state index contributed by atoms with van der Waals surface area (Å²) < 4.78 is 0. The molecule has 1 aliphatic heterocycles. The number of nitrogens with two attached hydrogens (primary N) is 1. The van der Waals surface area contributed by atoms with Gasteiger partial charge in [-0.25, -0.2) is 4.98 Å². The smallest absolute Gasteiger partial charge is 0.228 e. The molecule has 0 saturated carbocycles. The molecule has 1 aromatic heterocycles. The molecule has 12 heavy (non-hydrogen) atoms. The summed E-state index contributed by atoms with van der Waals surface area (Å²) in [4.78, 5) is 10.3. The van der Waals surface area contributed by atoms with Crippen LogP contribution in [0.1, 0.15) is 0 Å². The van der Waals surface area contributed by atoms with Crippen molar-refractivity contribution in [3.05, 3.63) is 12.3 Å². The second-order valence-corrected chi connectivity index (χ2v) is 2.70. The van der Waals surface area contributed by atoms with Gasteiger partial charge in [0.25, 0.3) is 0 Å². The van der Waals surface area contributed by atoms with Crippen LogP contribution in [0.15, 0.2) is 12.3 Å². The van der Waals surface area contributed by atoms with Gasteiger partial charge in [-0.1, -0.05) is 0 Å². The Kier molecular flexibility index (Phi) is 1.79. The number of nitrogen functional groups attached to an aromatic ring is 1. The molecular formula is C7H11N5. The molecule has 0 unspecified atom stereocenters. The Hall–Kier alpha value is -1.36. The number of nitrogens with zero attached hydrogens (tertiary/aromatic N) is 3. The van der Waals surface area contributed by atoms with Gasteiger partial charge in [0.15, 0.2) is 0 Å². The van der Waals surface area contributed by atoms with Crippen LogP contribution in [0.5, 0.6) is 0 Å². The Bertz CT molecular complexity index is 268. The highest BCUT2D eigenvalue weighted by molar-refractivity contribution is 5.38. The highest BCUT2D eigenvalue weighted by Gasteiger charge is 2.13. The van der Waals surface area contributed by atoms with Crippen molar-refractivity contribution in [1.82, 2.24) is 15.3 Å². The quantitative estimate of drug-likeness (QED) is 0.583. The summed E-state index contributed by atoms with van der Waals surface area (Å²) in [6.07, 6.45) is 1.68. The monoisotopic (exact) mass is 165 g/mol. The van der Waals surface area contributed by atoms with Crippen LogP contribution < -0.4 is 16.0 Å². The Labute approximate surface area is 70.6 Å². The summed E-state index contributed by atoms with van der Waals surface area (Å²) in [6.45, 7) is 2.74. The topological polar surface area (TPSA) is 67.1 Å². The van der Waals surface area contributed by atoms with E-state index >= 15 is 0 Å². The maximum Gasteiger partial charge on any atom is 0.228 e. The minimum Gasteiger partial charge on any atom is -0.384 e. The first-order valence-electron chi connectivity index (χ1n) is 3.90. The molecule has 0 spiro atoms. The van der Waals surface area contributed by atoms with Gasteiger partial charge in [-0.2, -0.15) is 4.98 Å². The predicted octanol–water partition coefficient (Wildman–Crippen LogP) is -0.574. The summed E-state index contributed by atoms with van der Waals surface area (Å²) in [5.74, 6) is 1.23. The first-order valence-corrected chi connectivity index (χ1v) is 3.90. The summed E-state index contributed by atoms with van der Waals surface area (Å²) in [6, 6.07) is 1.69. The van der Waals surface area contributed by atoms with Crippen LogP contribution in [0.2, 0.25) is 0 Å². The molecule has 5 heteroatoms. The molecule has 0 radical (unpaired) electrons. The van der Waals surface area contributed by atoms with Crippen LogP contribution in [-0.4, -0.2) is 29.7 Å². The molecule has 2 rings (SSSR count). The van der Waals surface area contributed by atoms with Crippen molar-refractivity contribution in [2.45, 2.75) is 0 Å². The number of hydrogen-bond acceptors (Lipinski definition) is 5. The molecule has 1 aromatic rings. The van der Waals surface area contributed by atoms with Gasteiger partial charge in [-0.05, 0) is 6.07 Å². The molecule has 0 bridgehead atoms. The summed E-state index contributed by atoms with van der Waals surface area (Å²) >= 11 is 0. The van der Waals surface area contributed by atoms with Crippen molar-refractivity contribution >= 4 is 11.8 Å². The molecule has 3 N–H and O–H groups in total. The Morgan fingerprint density at radius 2 is 2.50 bits per heavy atom. The highest BCUT2D eigenvalue weighted by atomic mass is 15.3. The largest absolute Gasteiger partial charge is 0.384 e. The van der Waals surface area contributed by atoms with Gasteiger partial charge >= 0.3 is 0 Å². The molecule has 0 aromatic carbocycles. The zero-order valence-electron chi connectivity index (χ0n) is 6.70. The maximum atomic E-state index is 5.53. The van der Waals surface area contributed by atoms with Gasteiger partial charge in [0.2, 0.25) is 5.95 Å². The second kappa shape index (κ2) is 2.94. The summed E-state index contributed by atoms with van der Waals surface area (Å²) in [5, 5.41) is 3.20. The van der Waals surface area contributed by atoms with E-state index < -0.39 is 0 Å². The van der Waals surface area contributed by atoms with E-state index in [1.807, 2.05) is 0 Å². The Morgan fingerprint density at radius 3 is 3.17 bits per heavy atom. The Balaban J connectivity index is 2.21. The fraction of sp³-hybridized carbons (Fsp3) is 0.429. The lowest BCUT2D eigenvalue weighted by Gasteiger charge is -2.13. The van der Waals surface area contributed by atoms with E-state index in [1.165, 1.54) is 0 Å². The number of nitrogens with one attached hydrogen (secondary N) is 1. The molecule has 64 valence electrons. The second-order valence-electron chi connectivity index (χ2n) is 2.70. The van der Waals surface area contributed by atoms with Gasteiger partial charge in [0.05, 0.1) is 6.67 Å². The van der Waals surface area contributed by atoms with Crippen molar-refractivity contribution in [2.24, 2.45) is 0 Å². The average Bonchev–Trinajstić information content (AvgIpc) is 2.56. The molecule has 0 amide bonds. The van der Waals surface area contributed by atoms with Crippen molar-refractivity contribution in [3.8, 4) is 0 Å². The zero-order chi connectivity index (χ0) is 8.39. The lowest BCUT2D eigenvalue weighted by molar-refractivity contribution is 0.839. The van der Waals surface area contributed by atoms with E-state index in [2.05, 4.69) is 20.2 Å². The van der Waals surface area contributed by atoms with Crippen molar-refractivity contribution < 1.29 is 0 Å². The van der Waals surface area contributed by atoms with Crippen LogP contribution >= 0.6 is 0 Å². The minimum absolute atomic E-state index is 0.520. The minimum atomic E-state index is 0.520. The summed E-state index contributed by atoms with van der Waals surface area (Å²) in [7, 11) is 0. The maximum absolute atomic E-state index is 5.53. The third kappa shape index (κ3) is 1.31. The van der Waals surface area contributed by atoms with E-state index in [4.69, 9.17) is 5.73 Å². The van der Waals surface area contributed by atoms with Gasteiger partial charge in [0, 0.05) is 19.3 Å². The lowest BCUT2D eigenvalue weighted by Crippen LogP contribution is -2.23. The number of hydrogen-bond donors (Lipinski definition) is 2. The number of anilines is 2. The third-order valence-corrected chi connectivity index (χ3v) is 1.81. The van der Waals surface area contributed by atoms with Crippen LogP contribution in [0.3, 0.4) is 0 Å². The van der Waals surface area contributed by atoms with Gasteiger partial charge in [-0.3, -0.25) is 5.32 Å². The molecule has 0 aliphatic carbocycles. The molecule has 0 atom stereocenters. The molecular weight excluding hydrogens is 154 g/mol. The Morgan fingerprint density at radius 1 is 1.58 bits per heavy atom. The molecule has 1 saturated heterocycles. The predicted molar refractivity (Wildman–Crippen MR) is 46.7 cm³/mol. The van der Waals surface area contributed by atoms with Gasteiger partial charge in [0.1, 0.15) is 5.82 Å². The van der Waals surface area contributed by atoms with E-state index in [-0.39, 0.29) is 0 Å². The number of aromatic nitrogens is 2. The first kappa shape index (κ1) is 7.30. The fourth-order valence-electron chi connectivity index (χ4n) is 1.19. The fourth-order valence-corrected chi connectivity index (χ4v) is 1.19. The van der Waals surface area contributed by atoms with Crippen molar-refractivity contribution in [3.63, 3.8) is 0 Å². The molecule has 1 fully saturated rings. The lowest BCUT2D eigenvalue weighted by atomic mass is 10.6. The highest BCUT2D eigenvalue weighted by Crippen LogP contribution is 2.08. The standard InChI is InChI=1S/C7H11N5/c8-6-1-2-10-7(11-6)12-4-3-9-5-12/h1-2,9H,3-5H2,(H2,8,10,11). The van der Waals surface area contributed by atoms with E-state index in [0.717, 1.165) is 19.8 Å². The SMILES string of the molecule is Nc1ccnc(N2CCNC2)n1. The average molecular weight is 165 g/mol. The van der Waals surface area contributed by atoms with Gasteiger partial charge in [-0.15, -0.1) is 0 Å². The van der Waals surface area contributed by atoms with Crippen molar-refractivity contribution in [2.75, 3.05) is 30.4 Å². The van der Waals surface area contributed by atoms with E-state index in [1.54, 1.807) is 12.3 Å². The molecule has 5 nitrogen and oxygen atoms in total. The first-order chi connectivity index (χ1) is 5.86. The number of rotatable bonds is 1. The van der Waals surface area contributed by atoms with Crippen LogP contribution in [0.4, 0.5) is 11.8 Å². The molecule has 2 heterocycles. The third-order valence-electron chi connectivity index (χ3n) is 1.81. The van der Waals surface area contributed by atoms with E-state index in [9.17, 15) is 0 Å². The normalized spacial score (nSPS) is 16.8. The van der Waals surface area contributed by atoms with Gasteiger partial charge < -0.3 is 10.6 Å². The molecule has 1 aliphatic rings. The van der Waals surface area contributed by atoms with Crippen LogP contribution in [0.25, 0.3) is 0 Å². The summed E-state index contributed by atoms with van der Waals surface area (Å²) in [5.41, 5.74) is 5.53. The van der Waals surface area contributed by atoms with Crippen LogP contribution in [0, 0.1) is 0 Å².